The Bertz CT molecular complexity index is 298. The maximum atomic E-state index is 11.3. The summed E-state index contributed by atoms with van der Waals surface area (Å²) < 4.78 is 4.45. The Morgan fingerprint density at radius 2 is 2.11 bits per heavy atom. The number of carboxylic acids is 1. The average molecular weight is 278 g/mol. The molecule has 0 fully saturated rings. The molecule has 0 rings (SSSR count). The van der Waals surface area contributed by atoms with Crippen molar-refractivity contribution in [2.24, 2.45) is 5.73 Å². The number of nitrogens with two attached hydrogens (primary N) is 1. The lowest BCUT2D eigenvalue weighted by Crippen LogP contribution is -2.33. The summed E-state index contributed by atoms with van der Waals surface area (Å²) in [6.07, 6.45) is 0.769. The quantitative estimate of drug-likeness (QED) is 0.373. The van der Waals surface area contributed by atoms with Gasteiger partial charge in [0.25, 0.3) is 0 Å². The standard InChI is InChI=1S/C10H18N2O5S/c1-17-9(14)3-2-4-12-8(13)6-18-5-7(11)10(15)16/h7H,2-6,11H2,1H3,(H,12,13)(H,15,16)/t7-/m0/s1. The fraction of sp³-hybridized carbons (Fsp3) is 0.700. The molecule has 0 saturated carbocycles. The van der Waals surface area contributed by atoms with Gasteiger partial charge >= 0.3 is 11.9 Å². The van der Waals surface area contributed by atoms with E-state index < -0.39 is 12.0 Å². The van der Waals surface area contributed by atoms with Crippen LogP contribution in [-0.4, -0.2) is 54.2 Å². The molecule has 0 unspecified atom stereocenters. The Labute approximate surface area is 109 Å². The highest BCUT2D eigenvalue weighted by Crippen LogP contribution is 2.01. The first-order valence-corrected chi connectivity index (χ1v) is 6.52. The number of hydrogen-bond acceptors (Lipinski definition) is 6. The summed E-state index contributed by atoms with van der Waals surface area (Å²) in [5, 5.41) is 11.1. The molecule has 0 spiro atoms. The first-order chi connectivity index (χ1) is 8.47. The molecule has 1 amide bonds. The number of methoxy groups -OCH3 is 1. The van der Waals surface area contributed by atoms with Crippen LogP contribution in [0.1, 0.15) is 12.8 Å². The number of ether oxygens (including phenoxy) is 1. The summed E-state index contributed by atoms with van der Waals surface area (Å²) in [6.45, 7) is 0.388. The van der Waals surface area contributed by atoms with Crippen LogP contribution in [0.5, 0.6) is 0 Å². The summed E-state index contributed by atoms with van der Waals surface area (Å²) in [7, 11) is 1.31. The van der Waals surface area contributed by atoms with Crippen LogP contribution in [-0.2, 0) is 19.1 Å². The average Bonchev–Trinajstić information content (AvgIpc) is 2.33. The van der Waals surface area contributed by atoms with Crippen LogP contribution in [0.3, 0.4) is 0 Å². The second-order valence-electron chi connectivity index (χ2n) is 3.49. The summed E-state index contributed by atoms with van der Waals surface area (Å²) in [4.78, 5) is 32.4. The van der Waals surface area contributed by atoms with Gasteiger partial charge in [-0.15, -0.1) is 11.8 Å². The van der Waals surface area contributed by atoms with Gasteiger partial charge in [0.15, 0.2) is 0 Å². The third-order valence-electron chi connectivity index (χ3n) is 1.96. The van der Waals surface area contributed by atoms with Crippen molar-refractivity contribution in [3.8, 4) is 0 Å². The zero-order valence-electron chi connectivity index (χ0n) is 10.2. The summed E-state index contributed by atoms with van der Waals surface area (Å²) >= 11 is 1.16. The van der Waals surface area contributed by atoms with Gasteiger partial charge in [-0.3, -0.25) is 14.4 Å². The van der Waals surface area contributed by atoms with Crippen LogP contribution in [0, 0.1) is 0 Å². The monoisotopic (exact) mass is 278 g/mol. The summed E-state index contributed by atoms with van der Waals surface area (Å²) in [5.74, 6) is -1.26. The Morgan fingerprint density at radius 1 is 1.44 bits per heavy atom. The molecule has 0 aromatic heterocycles. The van der Waals surface area contributed by atoms with Gasteiger partial charge in [-0.05, 0) is 6.42 Å². The van der Waals surface area contributed by atoms with Crippen molar-refractivity contribution >= 4 is 29.6 Å². The minimum Gasteiger partial charge on any atom is -0.480 e. The molecule has 4 N–H and O–H groups in total. The molecule has 1 atom stereocenters. The first kappa shape index (κ1) is 16.7. The van der Waals surface area contributed by atoms with Gasteiger partial charge in [0.05, 0.1) is 12.9 Å². The van der Waals surface area contributed by atoms with Gasteiger partial charge in [-0.25, -0.2) is 0 Å². The van der Waals surface area contributed by atoms with Gasteiger partial charge < -0.3 is 20.9 Å². The van der Waals surface area contributed by atoms with Crippen molar-refractivity contribution < 1.29 is 24.2 Å². The summed E-state index contributed by atoms with van der Waals surface area (Å²) in [6, 6.07) is -0.956. The van der Waals surface area contributed by atoms with Crippen molar-refractivity contribution in [1.82, 2.24) is 5.32 Å². The fourth-order valence-corrected chi connectivity index (χ4v) is 1.77. The second-order valence-corrected chi connectivity index (χ2v) is 4.52. The Kier molecular flexibility index (Phi) is 9.03. The first-order valence-electron chi connectivity index (χ1n) is 5.37. The van der Waals surface area contributed by atoms with Crippen molar-refractivity contribution in [2.45, 2.75) is 18.9 Å². The van der Waals surface area contributed by atoms with Crippen molar-refractivity contribution in [1.29, 1.82) is 0 Å². The smallest absolute Gasteiger partial charge is 0.321 e. The topological polar surface area (TPSA) is 119 Å². The van der Waals surface area contributed by atoms with Crippen LogP contribution in [0.15, 0.2) is 0 Å². The van der Waals surface area contributed by atoms with E-state index in [1.54, 1.807) is 0 Å². The van der Waals surface area contributed by atoms with E-state index in [9.17, 15) is 14.4 Å². The van der Waals surface area contributed by atoms with E-state index in [4.69, 9.17) is 10.8 Å². The molecule has 0 aromatic carbocycles. The number of hydrogen-bond donors (Lipinski definition) is 3. The van der Waals surface area contributed by atoms with Gasteiger partial charge in [0.1, 0.15) is 6.04 Å². The van der Waals surface area contributed by atoms with E-state index in [1.165, 1.54) is 7.11 Å². The van der Waals surface area contributed by atoms with Crippen molar-refractivity contribution in [3.63, 3.8) is 0 Å². The molecule has 18 heavy (non-hydrogen) atoms. The molecule has 104 valence electrons. The van der Waals surface area contributed by atoms with E-state index in [0.29, 0.717) is 13.0 Å². The van der Waals surface area contributed by atoms with Gasteiger partial charge in [0, 0.05) is 18.7 Å². The number of carbonyl (C=O) groups excluding carboxylic acids is 2. The maximum absolute atomic E-state index is 11.3. The third kappa shape index (κ3) is 8.82. The molecular formula is C10H18N2O5S. The zero-order chi connectivity index (χ0) is 14.0. The van der Waals surface area contributed by atoms with E-state index >= 15 is 0 Å². The van der Waals surface area contributed by atoms with Gasteiger partial charge in [-0.1, -0.05) is 0 Å². The van der Waals surface area contributed by atoms with E-state index in [1.807, 2.05) is 0 Å². The number of aliphatic carboxylic acids is 1. The molecular weight excluding hydrogens is 260 g/mol. The molecule has 7 nitrogen and oxygen atoms in total. The molecule has 0 saturated heterocycles. The minimum absolute atomic E-state index is 0.152. The molecule has 0 aliphatic heterocycles. The van der Waals surface area contributed by atoms with Gasteiger partial charge in [0.2, 0.25) is 5.91 Å². The SMILES string of the molecule is COC(=O)CCCNC(=O)CSC[C@H](N)C(=O)O. The number of carboxylic acid groups (broad SMARTS) is 1. The molecule has 0 bridgehead atoms. The largest absolute Gasteiger partial charge is 0.480 e. The van der Waals surface area contributed by atoms with Crippen LogP contribution < -0.4 is 11.1 Å². The van der Waals surface area contributed by atoms with E-state index in [0.717, 1.165) is 11.8 Å². The molecule has 0 aromatic rings. The van der Waals surface area contributed by atoms with Crippen molar-refractivity contribution in [2.75, 3.05) is 25.2 Å². The lowest BCUT2D eigenvalue weighted by molar-refractivity contribution is -0.141. The van der Waals surface area contributed by atoms with E-state index in [2.05, 4.69) is 10.1 Å². The van der Waals surface area contributed by atoms with Crippen LogP contribution >= 0.6 is 11.8 Å². The third-order valence-corrected chi connectivity index (χ3v) is 3.02. The lowest BCUT2D eigenvalue weighted by Gasteiger charge is -2.06. The highest BCUT2D eigenvalue weighted by atomic mass is 32.2. The van der Waals surface area contributed by atoms with Crippen LogP contribution in [0.4, 0.5) is 0 Å². The van der Waals surface area contributed by atoms with Gasteiger partial charge in [-0.2, -0.15) is 0 Å². The van der Waals surface area contributed by atoms with E-state index in [-0.39, 0.29) is 29.8 Å². The predicted octanol–water partition coefficient (Wildman–Crippen LogP) is -0.799. The number of rotatable bonds is 9. The molecule has 0 radical (unpaired) electrons. The van der Waals surface area contributed by atoms with Crippen LogP contribution in [0.2, 0.25) is 0 Å². The molecule has 0 aliphatic carbocycles. The van der Waals surface area contributed by atoms with Crippen molar-refractivity contribution in [3.05, 3.63) is 0 Å². The molecule has 8 heteroatoms. The number of nitrogens with one attached hydrogen (secondary N) is 1. The summed E-state index contributed by atoms with van der Waals surface area (Å²) in [5.41, 5.74) is 5.27. The number of thioether (sulfide) groups is 1. The van der Waals surface area contributed by atoms with Crippen LogP contribution in [0.25, 0.3) is 0 Å². The normalized spacial score (nSPS) is 11.7. The fourth-order valence-electron chi connectivity index (χ4n) is 0.964. The highest BCUT2D eigenvalue weighted by Gasteiger charge is 2.12. The predicted molar refractivity (Wildman–Crippen MR) is 67.2 cm³/mol. The highest BCUT2D eigenvalue weighted by molar-refractivity contribution is 8.00. The Morgan fingerprint density at radius 3 is 2.67 bits per heavy atom. The minimum atomic E-state index is -1.08. The number of esters is 1. The second kappa shape index (κ2) is 9.72. The zero-order valence-corrected chi connectivity index (χ0v) is 11.0. The molecule has 0 heterocycles. The number of amides is 1. The Hall–Kier alpha value is -1.28. The maximum Gasteiger partial charge on any atom is 0.321 e. The lowest BCUT2D eigenvalue weighted by atomic mass is 10.3. The molecule has 0 aliphatic rings. The number of carbonyl (C=O) groups is 3. The Balaban J connectivity index is 3.49.